The SMILES string of the molecule is Cc1ccc(C)c(NS(=O)(=O)c2ccc(NC(=O)CSCc3ccc(F)cc3)cc2)c1. The standard InChI is InChI=1S/C23H23FN2O3S2/c1-16-3-4-17(2)22(13-16)26-31(28,29)21-11-9-20(10-12-21)25-23(27)15-30-14-18-5-7-19(24)8-6-18/h3-13,26H,14-15H2,1-2H3,(H,25,27). The van der Waals surface area contributed by atoms with E-state index in [0.717, 1.165) is 16.7 Å². The fourth-order valence-electron chi connectivity index (χ4n) is 2.81. The lowest BCUT2D eigenvalue weighted by atomic mass is 10.1. The minimum atomic E-state index is -3.74. The van der Waals surface area contributed by atoms with Crippen LogP contribution in [0.25, 0.3) is 0 Å². The van der Waals surface area contributed by atoms with Crippen LogP contribution in [0.5, 0.6) is 0 Å². The maximum absolute atomic E-state index is 12.9. The van der Waals surface area contributed by atoms with Crippen molar-refractivity contribution in [2.75, 3.05) is 15.8 Å². The van der Waals surface area contributed by atoms with Gasteiger partial charge in [-0.05, 0) is 73.0 Å². The Morgan fingerprint density at radius 3 is 2.32 bits per heavy atom. The van der Waals surface area contributed by atoms with Crippen molar-refractivity contribution in [3.63, 3.8) is 0 Å². The summed E-state index contributed by atoms with van der Waals surface area (Å²) in [5, 5.41) is 2.75. The quantitative estimate of drug-likeness (QED) is 0.492. The number of nitrogens with one attached hydrogen (secondary N) is 2. The molecule has 3 aromatic rings. The van der Waals surface area contributed by atoms with Crippen LogP contribution in [0, 0.1) is 19.7 Å². The lowest BCUT2D eigenvalue weighted by Crippen LogP contribution is -2.15. The number of benzene rings is 3. The van der Waals surface area contributed by atoms with E-state index in [0.29, 0.717) is 17.1 Å². The summed E-state index contributed by atoms with van der Waals surface area (Å²) in [5.41, 5.74) is 3.77. The molecule has 2 N–H and O–H groups in total. The monoisotopic (exact) mass is 458 g/mol. The Morgan fingerprint density at radius 2 is 1.65 bits per heavy atom. The first-order chi connectivity index (χ1) is 14.7. The number of anilines is 2. The summed E-state index contributed by atoms with van der Waals surface area (Å²) in [5.74, 6) is 0.331. The number of thioether (sulfide) groups is 1. The molecule has 0 aliphatic heterocycles. The van der Waals surface area contributed by atoms with Crippen LogP contribution in [0.2, 0.25) is 0 Å². The summed E-state index contributed by atoms with van der Waals surface area (Å²) < 4.78 is 40.9. The molecule has 0 saturated heterocycles. The molecular weight excluding hydrogens is 435 g/mol. The molecule has 0 spiro atoms. The third kappa shape index (κ3) is 6.57. The van der Waals surface area contributed by atoms with Gasteiger partial charge in [0.2, 0.25) is 5.91 Å². The van der Waals surface area contributed by atoms with Gasteiger partial charge in [0.25, 0.3) is 10.0 Å². The highest BCUT2D eigenvalue weighted by atomic mass is 32.2. The van der Waals surface area contributed by atoms with Crippen LogP contribution in [0.15, 0.2) is 71.6 Å². The molecule has 0 aromatic heterocycles. The molecule has 0 unspecified atom stereocenters. The van der Waals surface area contributed by atoms with Crippen LogP contribution in [-0.2, 0) is 20.6 Å². The summed E-state index contributed by atoms with van der Waals surface area (Å²) in [6.45, 7) is 3.73. The van der Waals surface area contributed by atoms with Gasteiger partial charge in [0, 0.05) is 11.4 Å². The molecule has 3 aromatic carbocycles. The largest absolute Gasteiger partial charge is 0.325 e. The molecule has 0 aliphatic rings. The topological polar surface area (TPSA) is 75.3 Å². The Kier molecular flexibility index (Phi) is 7.35. The molecule has 31 heavy (non-hydrogen) atoms. The predicted molar refractivity (Wildman–Crippen MR) is 124 cm³/mol. The van der Waals surface area contributed by atoms with Crippen molar-refractivity contribution in [1.29, 1.82) is 0 Å². The smallest absolute Gasteiger partial charge is 0.261 e. The Labute approximate surface area is 186 Å². The second kappa shape index (κ2) is 9.98. The first-order valence-electron chi connectivity index (χ1n) is 9.55. The predicted octanol–water partition coefficient (Wildman–Crippen LogP) is 5.12. The number of sulfonamides is 1. The first-order valence-corrected chi connectivity index (χ1v) is 12.2. The van der Waals surface area contributed by atoms with Gasteiger partial charge in [0.15, 0.2) is 0 Å². The Morgan fingerprint density at radius 1 is 0.968 bits per heavy atom. The number of carbonyl (C=O) groups is 1. The summed E-state index contributed by atoms with van der Waals surface area (Å²) in [4.78, 5) is 12.2. The van der Waals surface area contributed by atoms with E-state index >= 15 is 0 Å². The van der Waals surface area contributed by atoms with Crippen molar-refractivity contribution < 1.29 is 17.6 Å². The average Bonchev–Trinajstić information content (AvgIpc) is 2.72. The highest BCUT2D eigenvalue weighted by molar-refractivity contribution is 7.99. The Bertz CT molecular complexity index is 1160. The first kappa shape index (κ1) is 22.8. The van der Waals surface area contributed by atoms with Crippen molar-refractivity contribution in [3.8, 4) is 0 Å². The summed E-state index contributed by atoms with van der Waals surface area (Å²) in [6, 6.07) is 17.7. The van der Waals surface area contributed by atoms with Crippen molar-refractivity contribution in [2.24, 2.45) is 0 Å². The summed E-state index contributed by atoms with van der Waals surface area (Å²) >= 11 is 1.41. The lowest BCUT2D eigenvalue weighted by molar-refractivity contribution is -0.113. The third-order valence-corrected chi connectivity index (χ3v) is 6.89. The molecule has 0 fully saturated rings. The maximum Gasteiger partial charge on any atom is 0.261 e. The van der Waals surface area contributed by atoms with E-state index < -0.39 is 10.0 Å². The van der Waals surface area contributed by atoms with E-state index in [1.165, 1.54) is 36.0 Å². The molecule has 1 amide bonds. The van der Waals surface area contributed by atoms with Crippen molar-refractivity contribution in [3.05, 3.63) is 89.2 Å². The molecule has 8 heteroatoms. The van der Waals surface area contributed by atoms with Crippen LogP contribution in [-0.4, -0.2) is 20.1 Å². The second-order valence-corrected chi connectivity index (χ2v) is 9.78. The molecule has 3 rings (SSSR count). The van der Waals surface area contributed by atoms with Gasteiger partial charge in [0.1, 0.15) is 5.82 Å². The van der Waals surface area contributed by atoms with E-state index in [1.807, 2.05) is 26.0 Å². The van der Waals surface area contributed by atoms with Gasteiger partial charge in [-0.15, -0.1) is 11.8 Å². The minimum Gasteiger partial charge on any atom is -0.325 e. The number of rotatable bonds is 8. The van der Waals surface area contributed by atoms with Crippen LogP contribution >= 0.6 is 11.8 Å². The molecular formula is C23H23FN2O3S2. The van der Waals surface area contributed by atoms with Gasteiger partial charge in [-0.25, -0.2) is 12.8 Å². The van der Waals surface area contributed by atoms with Gasteiger partial charge in [-0.2, -0.15) is 0 Å². The van der Waals surface area contributed by atoms with Crippen molar-refractivity contribution in [1.82, 2.24) is 0 Å². The van der Waals surface area contributed by atoms with Crippen molar-refractivity contribution in [2.45, 2.75) is 24.5 Å². The molecule has 5 nitrogen and oxygen atoms in total. The van der Waals surface area contributed by atoms with Gasteiger partial charge in [-0.3, -0.25) is 9.52 Å². The molecule has 0 heterocycles. The number of amides is 1. The van der Waals surface area contributed by atoms with Crippen LogP contribution in [0.3, 0.4) is 0 Å². The van der Waals surface area contributed by atoms with Gasteiger partial charge in [0.05, 0.1) is 16.3 Å². The average molecular weight is 459 g/mol. The number of halogens is 1. The molecule has 0 bridgehead atoms. The second-order valence-electron chi connectivity index (χ2n) is 7.12. The van der Waals surface area contributed by atoms with Gasteiger partial charge in [-0.1, -0.05) is 24.3 Å². The van der Waals surface area contributed by atoms with E-state index in [4.69, 9.17) is 0 Å². The highest BCUT2D eigenvalue weighted by Crippen LogP contribution is 2.22. The van der Waals surface area contributed by atoms with Gasteiger partial charge >= 0.3 is 0 Å². The normalized spacial score (nSPS) is 11.2. The van der Waals surface area contributed by atoms with E-state index in [1.54, 1.807) is 30.3 Å². The Hall–Kier alpha value is -2.84. The molecule has 0 aliphatic carbocycles. The van der Waals surface area contributed by atoms with E-state index in [9.17, 15) is 17.6 Å². The molecule has 162 valence electrons. The van der Waals surface area contributed by atoms with E-state index in [-0.39, 0.29) is 22.4 Å². The number of hydrogen-bond donors (Lipinski definition) is 2. The van der Waals surface area contributed by atoms with Crippen LogP contribution in [0.4, 0.5) is 15.8 Å². The van der Waals surface area contributed by atoms with E-state index in [2.05, 4.69) is 10.0 Å². The fourth-order valence-corrected chi connectivity index (χ4v) is 4.72. The zero-order valence-corrected chi connectivity index (χ0v) is 18.8. The zero-order valence-electron chi connectivity index (χ0n) is 17.2. The van der Waals surface area contributed by atoms with Crippen LogP contribution in [0.1, 0.15) is 16.7 Å². The number of carbonyl (C=O) groups excluding carboxylic acids is 1. The molecule has 0 radical (unpaired) electrons. The number of hydrogen-bond acceptors (Lipinski definition) is 4. The van der Waals surface area contributed by atoms with Crippen molar-refractivity contribution >= 4 is 39.1 Å². The Balaban J connectivity index is 1.55. The van der Waals surface area contributed by atoms with Gasteiger partial charge < -0.3 is 5.32 Å². The molecule has 0 atom stereocenters. The third-order valence-electron chi connectivity index (χ3n) is 4.50. The highest BCUT2D eigenvalue weighted by Gasteiger charge is 2.15. The molecule has 0 saturated carbocycles. The van der Waals surface area contributed by atoms with Crippen LogP contribution < -0.4 is 10.0 Å². The summed E-state index contributed by atoms with van der Waals surface area (Å²) in [6.07, 6.45) is 0. The maximum atomic E-state index is 12.9. The minimum absolute atomic E-state index is 0.108. The summed E-state index contributed by atoms with van der Waals surface area (Å²) in [7, 11) is -3.74. The lowest BCUT2D eigenvalue weighted by Gasteiger charge is -2.12. The number of aryl methyl sites for hydroxylation is 2. The fraction of sp³-hybridized carbons (Fsp3) is 0.174. The zero-order chi connectivity index (χ0) is 22.4.